The number of rotatable bonds is 6. The maximum atomic E-state index is 13.1. The predicted molar refractivity (Wildman–Crippen MR) is 106 cm³/mol. The van der Waals surface area contributed by atoms with Crippen molar-refractivity contribution in [3.8, 4) is 0 Å². The number of carbonyl (C=O) groups excluding carboxylic acids is 1. The monoisotopic (exact) mass is 416 g/mol. The Hall–Kier alpha value is -3.20. The molecule has 29 heavy (non-hydrogen) atoms. The molecule has 0 N–H and O–H groups in total. The number of benzene rings is 2. The summed E-state index contributed by atoms with van der Waals surface area (Å²) < 4.78 is 39.3. The van der Waals surface area contributed by atoms with Crippen molar-refractivity contribution in [1.82, 2.24) is 9.97 Å². The second kappa shape index (κ2) is 9.33. The SMILES string of the molecule is O=C(CSc1ncccn1)N(/N=C/c1ccccc1)c1cccc(C(F)(F)F)c1. The van der Waals surface area contributed by atoms with Gasteiger partial charge in [0.1, 0.15) is 0 Å². The molecular formula is C20H15F3N4OS. The normalized spacial score (nSPS) is 11.6. The van der Waals surface area contributed by atoms with Crippen molar-refractivity contribution < 1.29 is 18.0 Å². The van der Waals surface area contributed by atoms with Gasteiger partial charge in [0.05, 0.1) is 23.2 Å². The molecule has 5 nitrogen and oxygen atoms in total. The zero-order valence-corrected chi connectivity index (χ0v) is 15.8. The average molecular weight is 416 g/mol. The van der Waals surface area contributed by atoms with E-state index in [1.807, 2.05) is 6.07 Å². The molecule has 148 valence electrons. The fourth-order valence-electron chi connectivity index (χ4n) is 2.30. The molecule has 1 heterocycles. The van der Waals surface area contributed by atoms with Crippen LogP contribution in [0.2, 0.25) is 0 Å². The Morgan fingerprint density at radius 1 is 1.03 bits per heavy atom. The van der Waals surface area contributed by atoms with Gasteiger partial charge in [0.25, 0.3) is 5.91 Å². The summed E-state index contributed by atoms with van der Waals surface area (Å²) in [7, 11) is 0. The van der Waals surface area contributed by atoms with Gasteiger partial charge in [-0.25, -0.2) is 15.0 Å². The second-order valence-corrected chi connectivity index (χ2v) is 6.67. The molecule has 9 heteroatoms. The van der Waals surface area contributed by atoms with E-state index in [1.165, 1.54) is 30.7 Å². The third-order valence-electron chi connectivity index (χ3n) is 3.64. The minimum absolute atomic E-state index is 0.0200. The van der Waals surface area contributed by atoms with Gasteiger partial charge in [-0.3, -0.25) is 4.79 Å². The van der Waals surface area contributed by atoms with Crippen LogP contribution < -0.4 is 5.01 Å². The van der Waals surface area contributed by atoms with Crippen molar-refractivity contribution in [2.45, 2.75) is 11.3 Å². The highest BCUT2D eigenvalue weighted by molar-refractivity contribution is 7.99. The van der Waals surface area contributed by atoms with Gasteiger partial charge in [-0.1, -0.05) is 48.2 Å². The van der Waals surface area contributed by atoms with Crippen molar-refractivity contribution >= 4 is 29.6 Å². The zero-order valence-electron chi connectivity index (χ0n) is 15.0. The van der Waals surface area contributed by atoms with E-state index in [1.54, 1.807) is 30.3 Å². The van der Waals surface area contributed by atoms with Crippen LogP contribution >= 0.6 is 11.8 Å². The van der Waals surface area contributed by atoms with Crippen molar-refractivity contribution in [2.75, 3.05) is 10.8 Å². The first-order valence-corrected chi connectivity index (χ1v) is 9.41. The van der Waals surface area contributed by atoms with E-state index in [-0.39, 0.29) is 11.4 Å². The first-order chi connectivity index (χ1) is 13.9. The lowest BCUT2D eigenvalue weighted by molar-refractivity contribution is -0.137. The Bertz CT molecular complexity index is 982. The smallest absolute Gasteiger partial charge is 0.272 e. The molecule has 0 radical (unpaired) electrons. The van der Waals surface area contributed by atoms with Crippen molar-refractivity contribution in [1.29, 1.82) is 0 Å². The summed E-state index contributed by atoms with van der Waals surface area (Å²) in [4.78, 5) is 20.8. The van der Waals surface area contributed by atoms with E-state index in [0.717, 1.165) is 28.9 Å². The Morgan fingerprint density at radius 3 is 2.45 bits per heavy atom. The highest BCUT2D eigenvalue weighted by atomic mass is 32.2. The number of hydrogen-bond acceptors (Lipinski definition) is 5. The van der Waals surface area contributed by atoms with Gasteiger partial charge < -0.3 is 0 Å². The molecule has 0 spiro atoms. The molecule has 2 aromatic carbocycles. The van der Waals surface area contributed by atoms with Gasteiger partial charge in [-0.2, -0.15) is 18.3 Å². The van der Waals surface area contributed by atoms with Crippen LogP contribution in [0, 0.1) is 0 Å². The zero-order chi connectivity index (χ0) is 20.7. The number of hydrogen-bond donors (Lipinski definition) is 0. The van der Waals surface area contributed by atoms with Crippen LogP contribution in [0.3, 0.4) is 0 Å². The van der Waals surface area contributed by atoms with Crippen LogP contribution in [0.1, 0.15) is 11.1 Å². The summed E-state index contributed by atoms with van der Waals surface area (Å²) in [5.41, 5.74) is -0.135. The van der Waals surface area contributed by atoms with Crippen molar-refractivity contribution in [3.05, 3.63) is 84.2 Å². The number of anilines is 1. The first kappa shape index (κ1) is 20.5. The van der Waals surface area contributed by atoms with Crippen LogP contribution in [-0.2, 0) is 11.0 Å². The molecule has 3 aromatic rings. The highest BCUT2D eigenvalue weighted by Crippen LogP contribution is 2.32. The van der Waals surface area contributed by atoms with E-state index >= 15 is 0 Å². The van der Waals surface area contributed by atoms with Crippen molar-refractivity contribution in [3.63, 3.8) is 0 Å². The quantitative estimate of drug-likeness (QED) is 0.254. The van der Waals surface area contributed by atoms with E-state index < -0.39 is 17.6 Å². The largest absolute Gasteiger partial charge is 0.416 e. The maximum Gasteiger partial charge on any atom is 0.416 e. The minimum atomic E-state index is -4.53. The lowest BCUT2D eigenvalue weighted by Gasteiger charge is -2.18. The molecule has 1 amide bonds. The molecule has 3 rings (SSSR count). The average Bonchev–Trinajstić information content (AvgIpc) is 2.73. The number of amides is 1. The maximum absolute atomic E-state index is 13.1. The Balaban J connectivity index is 1.87. The topological polar surface area (TPSA) is 58.5 Å². The lowest BCUT2D eigenvalue weighted by atomic mass is 10.2. The molecular weight excluding hydrogens is 401 g/mol. The Labute approximate surface area is 169 Å². The molecule has 1 aromatic heterocycles. The standard InChI is InChI=1S/C20H15F3N4OS/c21-20(22,23)16-8-4-9-17(12-16)27(26-13-15-6-2-1-3-7-15)18(28)14-29-19-24-10-5-11-25-19/h1-13H,14H2/b26-13+. The van der Waals surface area contributed by atoms with Crippen LogP contribution in [-0.4, -0.2) is 27.8 Å². The molecule has 0 fully saturated rings. The Morgan fingerprint density at radius 2 is 1.76 bits per heavy atom. The fraction of sp³-hybridized carbons (Fsp3) is 0.100. The van der Waals surface area contributed by atoms with Crippen LogP contribution in [0.4, 0.5) is 18.9 Å². The lowest BCUT2D eigenvalue weighted by Crippen LogP contribution is -2.28. The number of halogens is 3. The molecule has 0 saturated carbocycles. The summed E-state index contributed by atoms with van der Waals surface area (Å²) in [5, 5.41) is 5.48. The van der Waals surface area contributed by atoms with Gasteiger partial charge in [0.15, 0.2) is 5.16 Å². The highest BCUT2D eigenvalue weighted by Gasteiger charge is 2.31. The van der Waals surface area contributed by atoms with Crippen LogP contribution in [0.15, 0.2) is 83.3 Å². The number of aromatic nitrogens is 2. The number of carbonyl (C=O) groups is 1. The summed E-state index contributed by atoms with van der Waals surface area (Å²) in [6.45, 7) is 0. The summed E-state index contributed by atoms with van der Waals surface area (Å²) >= 11 is 1.07. The molecule has 0 unspecified atom stereocenters. The summed E-state index contributed by atoms with van der Waals surface area (Å²) in [6.07, 6.45) is -0.0295. The van der Waals surface area contributed by atoms with Gasteiger partial charge >= 0.3 is 6.18 Å². The number of alkyl halides is 3. The molecule has 0 bridgehead atoms. The van der Waals surface area contributed by atoms with E-state index in [2.05, 4.69) is 15.1 Å². The van der Waals surface area contributed by atoms with Crippen LogP contribution in [0.5, 0.6) is 0 Å². The second-order valence-electron chi connectivity index (χ2n) is 5.73. The number of hydrazone groups is 1. The number of nitrogens with zero attached hydrogens (tertiary/aromatic N) is 4. The number of thioether (sulfide) groups is 1. The van der Waals surface area contributed by atoms with E-state index in [4.69, 9.17) is 0 Å². The van der Waals surface area contributed by atoms with E-state index in [0.29, 0.717) is 10.7 Å². The Kier molecular flexibility index (Phi) is 6.61. The van der Waals surface area contributed by atoms with Crippen molar-refractivity contribution in [2.24, 2.45) is 5.10 Å². The van der Waals surface area contributed by atoms with Crippen LogP contribution in [0.25, 0.3) is 0 Å². The summed E-state index contributed by atoms with van der Waals surface area (Å²) in [5.74, 6) is -0.596. The third kappa shape index (κ3) is 5.89. The molecule has 0 aliphatic carbocycles. The molecule has 0 aliphatic rings. The minimum Gasteiger partial charge on any atom is -0.272 e. The fourth-order valence-corrected chi connectivity index (χ4v) is 2.95. The molecule has 0 saturated heterocycles. The summed E-state index contributed by atoms with van der Waals surface area (Å²) in [6, 6.07) is 15.1. The third-order valence-corrected chi connectivity index (χ3v) is 4.50. The van der Waals surface area contributed by atoms with E-state index in [9.17, 15) is 18.0 Å². The van der Waals surface area contributed by atoms with Gasteiger partial charge in [-0.05, 0) is 29.8 Å². The predicted octanol–water partition coefficient (Wildman–Crippen LogP) is 4.65. The molecule has 0 atom stereocenters. The van der Waals surface area contributed by atoms with Gasteiger partial charge in [0.2, 0.25) is 0 Å². The van der Waals surface area contributed by atoms with Gasteiger partial charge in [0, 0.05) is 12.4 Å². The molecule has 0 aliphatic heterocycles. The van der Waals surface area contributed by atoms with Gasteiger partial charge in [-0.15, -0.1) is 0 Å². The first-order valence-electron chi connectivity index (χ1n) is 8.42.